The van der Waals surface area contributed by atoms with E-state index in [0.717, 1.165) is 24.5 Å². The number of aliphatic carboxylic acids is 1. The minimum absolute atomic E-state index is 0.00413. The standard InChI is InChI=1S/C14H17FN2O5S/c1-8-6-17(7-11(8)14(19)20)13(18)10-5-9(15)3-4-12(10)16-23(2,21)22/h3-5,8,11,16H,6-7H2,1-2H3,(H,19,20)/t8-,11-/m1/s1. The van der Waals surface area contributed by atoms with E-state index < -0.39 is 33.6 Å². The van der Waals surface area contributed by atoms with Crippen LogP contribution in [0.5, 0.6) is 0 Å². The molecule has 23 heavy (non-hydrogen) atoms. The van der Waals surface area contributed by atoms with Crippen LogP contribution in [0.25, 0.3) is 0 Å². The molecule has 7 nitrogen and oxygen atoms in total. The third kappa shape index (κ3) is 3.98. The molecule has 1 aliphatic rings. The number of rotatable bonds is 4. The predicted molar refractivity (Wildman–Crippen MR) is 81.1 cm³/mol. The Labute approximate surface area is 133 Å². The van der Waals surface area contributed by atoms with Crippen molar-refractivity contribution in [1.82, 2.24) is 4.90 Å². The van der Waals surface area contributed by atoms with Crippen molar-refractivity contribution in [3.63, 3.8) is 0 Å². The molecular weight excluding hydrogens is 327 g/mol. The third-order valence-electron chi connectivity index (χ3n) is 3.72. The number of sulfonamides is 1. The van der Waals surface area contributed by atoms with Crippen molar-refractivity contribution < 1.29 is 27.5 Å². The molecule has 9 heteroatoms. The fourth-order valence-electron chi connectivity index (χ4n) is 2.61. The lowest BCUT2D eigenvalue weighted by Crippen LogP contribution is -2.31. The molecule has 2 N–H and O–H groups in total. The van der Waals surface area contributed by atoms with E-state index in [-0.39, 0.29) is 30.3 Å². The van der Waals surface area contributed by atoms with E-state index in [4.69, 9.17) is 5.11 Å². The molecule has 126 valence electrons. The van der Waals surface area contributed by atoms with E-state index in [1.54, 1.807) is 6.92 Å². The zero-order valence-electron chi connectivity index (χ0n) is 12.6. The molecule has 2 rings (SSSR count). The van der Waals surface area contributed by atoms with Crippen LogP contribution in [0.4, 0.5) is 10.1 Å². The fourth-order valence-corrected chi connectivity index (χ4v) is 3.18. The highest BCUT2D eigenvalue weighted by atomic mass is 32.2. The van der Waals surface area contributed by atoms with Gasteiger partial charge in [0.2, 0.25) is 10.0 Å². The van der Waals surface area contributed by atoms with E-state index in [2.05, 4.69) is 4.72 Å². The second-order valence-corrected chi connectivity index (χ2v) is 7.44. The van der Waals surface area contributed by atoms with Gasteiger partial charge >= 0.3 is 5.97 Å². The number of nitrogens with one attached hydrogen (secondary N) is 1. The van der Waals surface area contributed by atoms with Gasteiger partial charge in [-0.1, -0.05) is 6.92 Å². The van der Waals surface area contributed by atoms with E-state index in [0.29, 0.717) is 0 Å². The number of hydrogen-bond acceptors (Lipinski definition) is 4. The van der Waals surface area contributed by atoms with Gasteiger partial charge in [0.15, 0.2) is 0 Å². The van der Waals surface area contributed by atoms with Crippen molar-refractivity contribution in [2.75, 3.05) is 24.1 Å². The second kappa shape index (κ2) is 6.15. The molecule has 1 amide bonds. The van der Waals surface area contributed by atoms with Crippen LogP contribution in [0.2, 0.25) is 0 Å². The monoisotopic (exact) mass is 344 g/mol. The Kier molecular flexibility index (Phi) is 4.60. The molecule has 1 aliphatic heterocycles. The van der Waals surface area contributed by atoms with Gasteiger partial charge in [0.05, 0.1) is 23.4 Å². The van der Waals surface area contributed by atoms with Crippen LogP contribution < -0.4 is 4.72 Å². The van der Waals surface area contributed by atoms with E-state index in [1.165, 1.54) is 4.90 Å². The summed E-state index contributed by atoms with van der Waals surface area (Å²) in [6.07, 6.45) is 0.920. The number of carboxylic acids is 1. The SMILES string of the molecule is C[C@@H]1CN(C(=O)c2cc(F)ccc2NS(C)(=O)=O)C[C@H]1C(=O)O. The Morgan fingerprint density at radius 2 is 2.00 bits per heavy atom. The van der Waals surface area contributed by atoms with Crippen LogP contribution in [-0.4, -0.2) is 49.6 Å². The highest BCUT2D eigenvalue weighted by molar-refractivity contribution is 7.92. The lowest BCUT2D eigenvalue weighted by molar-refractivity contribution is -0.142. The molecule has 0 aliphatic carbocycles. The highest BCUT2D eigenvalue weighted by Crippen LogP contribution is 2.27. The number of carboxylic acid groups (broad SMARTS) is 1. The van der Waals surface area contributed by atoms with Crippen LogP contribution in [0, 0.1) is 17.7 Å². The number of benzene rings is 1. The van der Waals surface area contributed by atoms with Crippen molar-refractivity contribution in [2.45, 2.75) is 6.92 Å². The molecular formula is C14H17FN2O5S. The van der Waals surface area contributed by atoms with Crippen molar-refractivity contribution in [3.8, 4) is 0 Å². The first-order valence-corrected chi connectivity index (χ1v) is 8.77. The molecule has 1 aromatic carbocycles. The van der Waals surface area contributed by atoms with Crippen LogP contribution in [-0.2, 0) is 14.8 Å². The summed E-state index contributed by atoms with van der Waals surface area (Å²) < 4.78 is 38.4. The van der Waals surface area contributed by atoms with Crippen LogP contribution >= 0.6 is 0 Å². The summed E-state index contributed by atoms with van der Waals surface area (Å²) in [6.45, 7) is 1.93. The minimum atomic E-state index is -3.64. The summed E-state index contributed by atoms with van der Waals surface area (Å²) in [5.74, 6) is -3.22. The first-order chi connectivity index (χ1) is 10.6. The Morgan fingerprint density at radius 3 is 2.52 bits per heavy atom. The van der Waals surface area contributed by atoms with Gasteiger partial charge in [-0.05, 0) is 24.1 Å². The van der Waals surface area contributed by atoms with Gasteiger partial charge in [-0.25, -0.2) is 12.8 Å². The van der Waals surface area contributed by atoms with Gasteiger partial charge in [-0.2, -0.15) is 0 Å². The summed E-state index contributed by atoms with van der Waals surface area (Å²) in [7, 11) is -3.64. The Hall–Kier alpha value is -2.16. The number of anilines is 1. The first-order valence-electron chi connectivity index (χ1n) is 6.88. The van der Waals surface area contributed by atoms with Crippen LogP contribution in [0.3, 0.4) is 0 Å². The summed E-state index contributed by atoms with van der Waals surface area (Å²) in [5.41, 5.74) is -0.181. The van der Waals surface area contributed by atoms with Gasteiger partial charge in [0, 0.05) is 13.1 Å². The minimum Gasteiger partial charge on any atom is -0.481 e. The van der Waals surface area contributed by atoms with Crippen LogP contribution in [0.15, 0.2) is 18.2 Å². The average Bonchev–Trinajstić information content (AvgIpc) is 2.81. The largest absolute Gasteiger partial charge is 0.481 e. The molecule has 1 saturated heterocycles. The third-order valence-corrected chi connectivity index (χ3v) is 4.31. The molecule has 0 spiro atoms. The topological polar surface area (TPSA) is 104 Å². The number of likely N-dealkylation sites (tertiary alicyclic amines) is 1. The number of hydrogen-bond donors (Lipinski definition) is 2. The number of amides is 1. The first kappa shape index (κ1) is 17.2. The van der Waals surface area contributed by atoms with Gasteiger partial charge in [0.1, 0.15) is 5.82 Å². The zero-order valence-corrected chi connectivity index (χ0v) is 13.4. The van der Waals surface area contributed by atoms with E-state index in [9.17, 15) is 22.4 Å². The van der Waals surface area contributed by atoms with Gasteiger partial charge in [0.25, 0.3) is 5.91 Å². The fraction of sp³-hybridized carbons (Fsp3) is 0.429. The van der Waals surface area contributed by atoms with E-state index in [1.807, 2.05) is 0 Å². The van der Waals surface area contributed by atoms with Gasteiger partial charge in [-0.3, -0.25) is 14.3 Å². The smallest absolute Gasteiger partial charge is 0.308 e. The quantitative estimate of drug-likeness (QED) is 0.848. The number of halogens is 1. The van der Waals surface area contributed by atoms with Crippen LogP contribution in [0.1, 0.15) is 17.3 Å². The maximum atomic E-state index is 13.5. The summed E-state index contributed by atoms with van der Waals surface area (Å²) in [6, 6.07) is 3.14. The lowest BCUT2D eigenvalue weighted by Gasteiger charge is -2.18. The number of nitrogens with zero attached hydrogens (tertiary/aromatic N) is 1. The number of carbonyl (C=O) groups is 2. The molecule has 1 heterocycles. The molecule has 0 radical (unpaired) electrons. The number of carbonyl (C=O) groups excluding carboxylic acids is 1. The van der Waals surface area contributed by atoms with Gasteiger partial charge < -0.3 is 10.0 Å². The zero-order chi connectivity index (χ0) is 17.4. The molecule has 2 atom stereocenters. The molecule has 1 fully saturated rings. The van der Waals surface area contributed by atoms with Crippen molar-refractivity contribution in [3.05, 3.63) is 29.6 Å². The Bertz CT molecular complexity index is 750. The Morgan fingerprint density at radius 1 is 1.35 bits per heavy atom. The molecule has 1 aromatic rings. The maximum absolute atomic E-state index is 13.5. The summed E-state index contributed by atoms with van der Waals surface area (Å²) in [4.78, 5) is 25.0. The highest BCUT2D eigenvalue weighted by Gasteiger charge is 2.37. The van der Waals surface area contributed by atoms with Crippen molar-refractivity contribution in [2.24, 2.45) is 11.8 Å². The van der Waals surface area contributed by atoms with Crippen molar-refractivity contribution in [1.29, 1.82) is 0 Å². The normalized spacial score (nSPS) is 21.3. The second-order valence-electron chi connectivity index (χ2n) is 5.70. The average molecular weight is 344 g/mol. The predicted octanol–water partition coefficient (Wildman–Crippen LogP) is 0.990. The van der Waals surface area contributed by atoms with Crippen molar-refractivity contribution >= 4 is 27.6 Å². The Balaban J connectivity index is 2.32. The molecule has 0 saturated carbocycles. The maximum Gasteiger partial charge on any atom is 0.308 e. The lowest BCUT2D eigenvalue weighted by atomic mass is 9.99. The van der Waals surface area contributed by atoms with E-state index >= 15 is 0 Å². The molecule has 0 bridgehead atoms. The van der Waals surface area contributed by atoms with Gasteiger partial charge in [-0.15, -0.1) is 0 Å². The molecule has 0 unspecified atom stereocenters. The molecule has 0 aromatic heterocycles. The summed E-state index contributed by atoms with van der Waals surface area (Å²) in [5, 5.41) is 9.12. The summed E-state index contributed by atoms with van der Waals surface area (Å²) >= 11 is 0.